The number of halogens is 1. The predicted octanol–water partition coefficient (Wildman–Crippen LogP) is 6.57. The van der Waals surface area contributed by atoms with E-state index in [-0.39, 0.29) is 18.1 Å². The molecule has 0 radical (unpaired) electrons. The summed E-state index contributed by atoms with van der Waals surface area (Å²) >= 11 is 6.02. The Morgan fingerprint density at radius 1 is 0.909 bits per heavy atom. The number of furan rings is 2. The molecule has 2 heterocycles. The molecule has 5 aromatic rings. The van der Waals surface area contributed by atoms with Crippen LogP contribution in [0, 0.1) is 6.92 Å². The molecule has 0 unspecified atom stereocenters. The summed E-state index contributed by atoms with van der Waals surface area (Å²) in [7, 11) is 0. The van der Waals surface area contributed by atoms with Gasteiger partial charge in [-0.25, -0.2) is 0 Å². The van der Waals surface area contributed by atoms with Gasteiger partial charge in [0.1, 0.15) is 16.9 Å². The second-order valence-corrected chi connectivity index (χ2v) is 8.19. The summed E-state index contributed by atoms with van der Waals surface area (Å²) in [6.07, 6.45) is 1.68. The molecule has 2 aromatic heterocycles. The van der Waals surface area contributed by atoms with Gasteiger partial charge in [0.05, 0.1) is 12.7 Å². The predicted molar refractivity (Wildman–Crippen MR) is 129 cm³/mol. The maximum Gasteiger partial charge on any atom is 0.293 e. The zero-order chi connectivity index (χ0) is 22.9. The molecule has 0 aliphatic rings. The highest BCUT2D eigenvalue weighted by Gasteiger charge is 2.23. The van der Waals surface area contributed by atoms with Gasteiger partial charge < -0.3 is 19.5 Å². The molecule has 0 spiro atoms. The number of amides is 2. The van der Waals surface area contributed by atoms with Gasteiger partial charge in [0.15, 0.2) is 0 Å². The Labute approximate surface area is 194 Å². The quantitative estimate of drug-likeness (QED) is 0.312. The van der Waals surface area contributed by atoms with Crippen molar-refractivity contribution < 1.29 is 18.4 Å². The van der Waals surface area contributed by atoms with Gasteiger partial charge in [-0.2, -0.15) is 0 Å². The molecule has 0 bridgehead atoms. The van der Waals surface area contributed by atoms with Crippen molar-refractivity contribution in [1.29, 1.82) is 0 Å². The van der Waals surface area contributed by atoms with Crippen LogP contribution in [-0.4, -0.2) is 11.8 Å². The fourth-order valence-electron chi connectivity index (χ4n) is 3.77. The summed E-state index contributed by atoms with van der Waals surface area (Å²) in [4.78, 5) is 26.0. The van der Waals surface area contributed by atoms with Crippen molar-refractivity contribution in [3.63, 3.8) is 0 Å². The maximum absolute atomic E-state index is 13.0. The molecular formula is C26H19ClN2O4. The SMILES string of the molecule is Cc1ccc2occ(CC(=O)Nc3c(C(=O)Nc4cccc(Cl)c4)oc4ccccc34)c2c1. The van der Waals surface area contributed by atoms with E-state index < -0.39 is 5.91 Å². The molecule has 0 aliphatic heterocycles. The number of fused-ring (bicyclic) bond motifs is 2. The molecule has 0 fully saturated rings. The number of para-hydroxylation sites is 1. The highest BCUT2D eigenvalue weighted by molar-refractivity contribution is 6.31. The third kappa shape index (κ3) is 4.21. The number of aryl methyl sites for hydroxylation is 1. The van der Waals surface area contributed by atoms with E-state index in [1.54, 1.807) is 48.7 Å². The van der Waals surface area contributed by atoms with Crippen LogP contribution in [0.2, 0.25) is 5.02 Å². The summed E-state index contributed by atoms with van der Waals surface area (Å²) in [5, 5.41) is 7.65. The molecule has 0 atom stereocenters. The Morgan fingerprint density at radius 2 is 1.76 bits per heavy atom. The van der Waals surface area contributed by atoms with Crippen LogP contribution in [0.5, 0.6) is 0 Å². The van der Waals surface area contributed by atoms with E-state index in [2.05, 4.69) is 10.6 Å². The number of carbonyl (C=O) groups excluding carboxylic acids is 2. The summed E-state index contributed by atoms with van der Waals surface area (Å²) < 4.78 is 11.4. The number of nitrogens with one attached hydrogen (secondary N) is 2. The van der Waals surface area contributed by atoms with Gasteiger partial charge in [0.2, 0.25) is 11.7 Å². The lowest BCUT2D eigenvalue weighted by Gasteiger charge is -2.07. The minimum absolute atomic E-state index is 0.0115. The maximum atomic E-state index is 13.0. The van der Waals surface area contributed by atoms with E-state index in [9.17, 15) is 9.59 Å². The van der Waals surface area contributed by atoms with Gasteiger partial charge in [-0.05, 0) is 49.4 Å². The Bertz CT molecular complexity index is 1520. The Kier molecular flexibility index (Phi) is 5.36. The minimum Gasteiger partial charge on any atom is -0.464 e. The first-order valence-corrected chi connectivity index (χ1v) is 10.7. The third-order valence-electron chi connectivity index (χ3n) is 5.31. The van der Waals surface area contributed by atoms with Crippen LogP contribution in [0.3, 0.4) is 0 Å². The van der Waals surface area contributed by atoms with Crippen molar-refractivity contribution in [2.24, 2.45) is 0 Å². The van der Waals surface area contributed by atoms with Gasteiger partial charge in [0, 0.05) is 27.0 Å². The fourth-order valence-corrected chi connectivity index (χ4v) is 3.96. The number of anilines is 2. The fraction of sp³-hybridized carbons (Fsp3) is 0.0769. The van der Waals surface area contributed by atoms with Crippen LogP contribution in [0.15, 0.2) is 81.8 Å². The minimum atomic E-state index is -0.492. The van der Waals surface area contributed by atoms with Gasteiger partial charge in [-0.3, -0.25) is 9.59 Å². The van der Waals surface area contributed by atoms with Gasteiger partial charge >= 0.3 is 0 Å². The van der Waals surface area contributed by atoms with Crippen LogP contribution in [0.4, 0.5) is 11.4 Å². The smallest absolute Gasteiger partial charge is 0.293 e. The molecule has 5 rings (SSSR count). The summed E-state index contributed by atoms with van der Waals surface area (Å²) in [5.41, 5.74) is 3.90. The molecule has 3 aromatic carbocycles. The largest absolute Gasteiger partial charge is 0.464 e. The first-order chi connectivity index (χ1) is 16.0. The van der Waals surface area contributed by atoms with Crippen molar-refractivity contribution in [3.05, 3.63) is 94.9 Å². The number of benzene rings is 3. The van der Waals surface area contributed by atoms with E-state index in [1.807, 2.05) is 31.2 Å². The lowest BCUT2D eigenvalue weighted by molar-refractivity contribution is -0.115. The second-order valence-electron chi connectivity index (χ2n) is 7.75. The Balaban J connectivity index is 1.45. The number of hydrogen-bond acceptors (Lipinski definition) is 4. The molecule has 33 heavy (non-hydrogen) atoms. The van der Waals surface area contributed by atoms with Crippen molar-refractivity contribution in [2.75, 3.05) is 10.6 Å². The number of carbonyl (C=O) groups is 2. The van der Waals surface area contributed by atoms with Crippen LogP contribution in [0.1, 0.15) is 21.7 Å². The van der Waals surface area contributed by atoms with Crippen LogP contribution < -0.4 is 10.6 Å². The second kappa shape index (κ2) is 8.48. The average molecular weight is 459 g/mol. The van der Waals surface area contributed by atoms with Crippen LogP contribution >= 0.6 is 11.6 Å². The van der Waals surface area contributed by atoms with E-state index in [0.717, 1.165) is 22.1 Å². The zero-order valence-corrected chi connectivity index (χ0v) is 18.4. The summed E-state index contributed by atoms with van der Waals surface area (Å²) in [6, 6.07) is 19.8. The van der Waals surface area contributed by atoms with Crippen molar-refractivity contribution in [3.8, 4) is 0 Å². The van der Waals surface area contributed by atoms with E-state index in [1.165, 1.54) is 0 Å². The van der Waals surface area contributed by atoms with Gasteiger partial charge in [-0.15, -0.1) is 0 Å². The van der Waals surface area contributed by atoms with Crippen molar-refractivity contribution in [1.82, 2.24) is 0 Å². The highest BCUT2D eigenvalue weighted by Crippen LogP contribution is 2.32. The van der Waals surface area contributed by atoms with Gasteiger partial charge in [-0.1, -0.05) is 41.4 Å². The number of hydrogen-bond donors (Lipinski definition) is 2. The van der Waals surface area contributed by atoms with E-state index in [0.29, 0.717) is 27.4 Å². The van der Waals surface area contributed by atoms with Crippen LogP contribution in [-0.2, 0) is 11.2 Å². The molecule has 2 N–H and O–H groups in total. The highest BCUT2D eigenvalue weighted by atomic mass is 35.5. The Morgan fingerprint density at radius 3 is 2.61 bits per heavy atom. The molecule has 2 amide bonds. The summed E-state index contributed by atoms with van der Waals surface area (Å²) in [6.45, 7) is 1.98. The van der Waals surface area contributed by atoms with Crippen molar-refractivity contribution in [2.45, 2.75) is 13.3 Å². The molecule has 0 saturated heterocycles. The van der Waals surface area contributed by atoms with E-state index >= 15 is 0 Å². The molecule has 7 heteroatoms. The molecule has 0 saturated carbocycles. The molecular weight excluding hydrogens is 440 g/mol. The summed E-state index contributed by atoms with van der Waals surface area (Å²) in [5.74, 6) is -0.770. The lowest BCUT2D eigenvalue weighted by Crippen LogP contribution is -2.18. The molecule has 164 valence electrons. The standard InChI is InChI=1S/C26H19ClN2O4/c1-15-9-10-21-20(11-15)16(14-32-21)12-23(30)29-24-19-7-2-3-8-22(19)33-25(24)26(31)28-18-6-4-5-17(27)13-18/h2-11,13-14H,12H2,1H3,(H,28,31)(H,29,30). The average Bonchev–Trinajstić information content (AvgIpc) is 3.35. The van der Waals surface area contributed by atoms with E-state index in [4.69, 9.17) is 20.4 Å². The zero-order valence-electron chi connectivity index (χ0n) is 17.6. The lowest BCUT2D eigenvalue weighted by atomic mass is 10.1. The van der Waals surface area contributed by atoms with Crippen LogP contribution in [0.25, 0.3) is 21.9 Å². The molecule has 6 nitrogen and oxygen atoms in total. The topological polar surface area (TPSA) is 84.5 Å². The van der Waals surface area contributed by atoms with Gasteiger partial charge in [0.25, 0.3) is 5.91 Å². The Hall–Kier alpha value is -4.03. The monoisotopic (exact) mass is 458 g/mol. The molecule has 0 aliphatic carbocycles. The first kappa shape index (κ1) is 20.8. The van der Waals surface area contributed by atoms with Crippen molar-refractivity contribution >= 4 is 56.7 Å². The number of rotatable bonds is 5. The normalized spacial score (nSPS) is 11.1. The third-order valence-corrected chi connectivity index (χ3v) is 5.54. The first-order valence-electron chi connectivity index (χ1n) is 10.3.